The van der Waals surface area contributed by atoms with Crippen molar-refractivity contribution in [1.29, 1.82) is 0 Å². The van der Waals surface area contributed by atoms with Crippen molar-refractivity contribution in [2.75, 3.05) is 19.0 Å². The van der Waals surface area contributed by atoms with Crippen molar-refractivity contribution in [3.05, 3.63) is 64.2 Å². The first-order valence-electron chi connectivity index (χ1n) is 7.67. The van der Waals surface area contributed by atoms with E-state index in [2.05, 4.69) is 6.58 Å². The molecule has 0 spiro atoms. The molecule has 0 radical (unpaired) electrons. The molecular weight excluding hydrogens is 395 g/mol. The van der Waals surface area contributed by atoms with Gasteiger partial charge in [-0.25, -0.2) is 4.79 Å². The van der Waals surface area contributed by atoms with E-state index in [1.54, 1.807) is 36.0 Å². The van der Waals surface area contributed by atoms with E-state index in [9.17, 15) is 4.79 Å². The number of aliphatic carboxylic acids is 1. The second-order valence-electron chi connectivity index (χ2n) is 5.51. The third-order valence-electron chi connectivity index (χ3n) is 3.27. The smallest absolute Gasteiger partial charge is 0.341 e. The van der Waals surface area contributed by atoms with Gasteiger partial charge < -0.3 is 14.6 Å². The summed E-state index contributed by atoms with van der Waals surface area (Å²) in [4.78, 5) is 11.6. The third-order valence-corrected chi connectivity index (χ3v) is 5.15. The number of hydrogen-bond donors (Lipinski definition) is 1. The minimum atomic E-state index is -0.999. The molecule has 1 N–H and O–H groups in total. The Morgan fingerprint density at radius 3 is 2.54 bits per heavy atom. The fourth-order valence-corrected chi connectivity index (χ4v) is 3.16. The highest BCUT2D eigenvalue weighted by molar-refractivity contribution is 7.99. The minimum Gasteiger partial charge on any atom is -0.489 e. The van der Waals surface area contributed by atoms with Crippen LogP contribution in [-0.4, -0.2) is 30.0 Å². The van der Waals surface area contributed by atoms with Crippen LogP contribution >= 0.6 is 35.0 Å². The molecule has 2 aromatic rings. The molecular formula is C19H18Cl2O4S. The lowest BCUT2D eigenvalue weighted by molar-refractivity contribution is -0.139. The van der Waals surface area contributed by atoms with Crippen molar-refractivity contribution in [3.63, 3.8) is 0 Å². The highest BCUT2D eigenvalue weighted by Crippen LogP contribution is 2.28. The van der Waals surface area contributed by atoms with Crippen LogP contribution in [0.2, 0.25) is 10.0 Å². The first-order chi connectivity index (χ1) is 12.3. The van der Waals surface area contributed by atoms with Gasteiger partial charge in [0.2, 0.25) is 0 Å². The van der Waals surface area contributed by atoms with Crippen LogP contribution in [0.25, 0.3) is 0 Å². The fourth-order valence-electron chi connectivity index (χ4n) is 1.99. The Kier molecular flexibility index (Phi) is 7.69. The summed E-state index contributed by atoms with van der Waals surface area (Å²) in [5, 5.41) is 9.60. The lowest BCUT2D eigenvalue weighted by Crippen LogP contribution is -2.10. The van der Waals surface area contributed by atoms with Crippen molar-refractivity contribution in [3.8, 4) is 11.5 Å². The lowest BCUT2D eigenvalue weighted by atomic mass is 10.2. The van der Waals surface area contributed by atoms with E-state index in [4.69, 9.17) is 37.8 Å². The average molecular weight is 413 g/mol. The molecule has 0 amide bonds. The van der Waals surface area contributed by atoms with Crippen molar-refractivity contribution in [2.45, 2.75) is 11.8 Å². The molecule has 2 aromatic carbocycles. The van der Waals surface area contributed by atoms with E-state index in [-0.39, 0.29) is 6.61 Å². The van der Waals surface area contributed by atoms with Crippen LogP contribution in [0.3, 0.4) is 0 Å². The Balaban J connectivity index is 1.82. The first-order valence-corrected chi connectivity index (χ1v) is 9.42. The Morgan fingerprint density at radius 2 is 1.88 bits per heavy atom. The van der Waals surface area contributed by atoms with E-state index >= 15 is 0 Å². The van der Waals surface area contributed by atoms with Crippen LogP contribution < -0.4 is 9.47 Å². The largest absolute Gasteiger partial charge is 0.489 e. The normalized spacial score (nSPS) is 10.4. The second kappa shape index (κ2) is 9.76. The number of thioether (sulfide) groups is 1. The van der Waals surface area contributed by atoms with Gasteiger partial charge in [0.15, 0.2) is 6.61 Å². The Bertz CT molecular complexity index is 808. The number of carboxylic acids is 1. The molecule has 26 heavy (non-hydrogen) atoms. The van der Waals surface area contributed by atoms with Gasteiger partial charge in [0.1, 0.15) is 18.1 Å². The summed E-state index contributed by atoms with van der Waals surface area (Å²) < 4.78 is 10.9. The number of rotatable bonds is 9. The number of aryl methyl sites for hydroxylation is 1. The maximum atomic E-state index is 10.6. The maximum absolute atomic E-state index is 10.6. The molecule has 0 aliphatic heterocycles. The van der Waals surface area contributed by atoms with E-state index in [1.165, 1.54) is 0 Å². The summed E-state index contributed by atoms with van der Waals surface area (Å²) in [6.07, 6.45) is 0. The molecule has 0 unspecified atom stereocenters. The van der Waals surface area contributed by atoms with Crippen LogP contribution in [0.5, 0.6) is 11.5 Å². The highest BCUT2D eigenvalue weighted by Gasteiger charge is 2.06. The summed E-state index contributed by atoms with van der Waals surface area (Å²) >= 11 is 13.4. The number of benzene rings is 2. The van der Waals surface area contributed by atoms with E-state index in [0.29, 0.717) is 33.9 Å². The van der Waals surface area contributed by atoms with Gasteiger partial charge in [-0.05, 0) is 48.4 Å². The van der Waals surface area contributed by atoms with Gasteiger partial charge in [-0.1, -0.05) is 29.8 Å². The molecule has 0 atom stereocenters. The summed E-state index contributed by atoms with van der Waals surface area (Å²) in [6.45, 7) is 5.92. The van der Waals surface area contributed by atoms with Gasteiger partial charge in [-0.2, -0.15) is 0 Å². The highest BCUT2D eigenvalue weighted by atomic mass is 35.5. The van der Waals surface area contributed by atoms with Gasteiger partial charge in [0, 0.05) is 16.7 Å². The number of carboxylic acid groups (broad SMARTS) is 1. The van der Waals surface area contributed by atoms with Gasteiger partial charge in [0.05, 0.1) is 10.0 Å². The first kappa shape index (κ1) is 20.5. The third kappa shape index (κ3) is 6.48. The molecule has 0 saturated heterocycles. The van der Waals surface area contributed by atoms with E-state index < -0.39 is 5.97 Å². The van der Waals surface area contributed by atoms with Crippen LogP contribution in [0.1, 0.15) is 5.56 Å². The van der Waals surface area contributed by atoms with Crippen molar-refractivity contribution in [1.82, 2.24) is 0 Å². The molecule has 138 valence electrons. The summed E-state index contributed by atoms with van der Waals surface area (Å²) in [7, 11) is 0. The number of carbonyl (C=O) groups is 1. The molecule has 0 bridgehead atoms. The van der Waals surface area contributed by atoms with Crippen molar-refractivity contribution in [2.24, 2.45) is 0 Å². The Hall–Kier alpha value is -1.82. The standard InChI is InChI=1S/C19H18Cl2O4S/c1-12(9-24-14-3-5-16(20)17(21)8-14)11-26-15-4-6-18(13(2)7-15)25-10-19(22)23/h3-8H,1,9-11H2,2H3,(H,22,23). The maximum Gasteiger partial charge on any atom is 0.341 e. The lowest BCUT2D eigenvalue weighted by Gasteiger charge is -2.11. The Labute approximate surface area is 166 Å². The monoisotopic (exact) mass is 412 g/mol. The molecule has 0 heterocycles. The van der Waals surface area contributed by atoms with E-state index in [1.807, 2.05) is 19.1 Å². The molecule has 0 aliphatic rings. The SMILES string of the molecule is C=C(COc1ccc(Cl)c(Cl)c1)CSc1ccc(OCC(=O)O)c(C)c1. The van der Waals surface area contributed by atoms with Crippen LogP contribution in [0.15, 0.2) is 53.4 Å². The zero-order valence-corrected chi connectivity index (χ0v) is 16.5. The van der Waals surface area contributed by atoms with E-state index in [0.717, 1.165) is 16.0 Å². The summed E-state index contributed by atoms with van der Waals surface area (Å²) in [5.41, 5.74) is 1.80. The zero-order valence-electron chi connectivity index (χ0n) is 14.1. The predicted octanol–water partition coefficient (Wildman–Crippen LogP) is 5.49. The van der Waals surface area contributed by atoms with Gasteiger partial charge in [-0.3, -0.25) is 0 Å². The van der Waals surface area contributed by atoms with Crippen LogP contribution in [0.4, 0.5) is 0 Å². The zero-order chi connectivity index (χ0) is 19.1. The second-order valence-corrected chi connectivity index (χ2v) is 7.38. The van der Waals surface area contributed by atoms with Gasteiger partial charge >= 0.3 is 5.97 Å². The molecule has 0 saturated carbocycles. The topological polar surface area (TPSA) is 55.8 Å². The van der Waals surface area contributed by atoms with Crippen LogP contribution in [0, 0.1) is 6.92 Å². The fraction of sp³-hybridized carbons (Fsp3) is 0.211. The average Bonchev–Trinajstić information content (AvgIpc) is 2.60. The predicted molar refractivity (Wildman–Crippen MR) is 106 cm³/mol. The van der Waals surface area contributed by atoms with Gasteiger partial charge in [-0.15, -0.1) is 11.8 Å². The summed E-state index contributed by atoms with van der Waals surface area (Å²) in [5.74, 6) is 0.900. The minimum absolute atomic E-state index is 0.351. The van der Waals surface area contributed by atoms with Crippen molar-refractivity contribution >= 4 is 40.9 Å². The molecule has 7 heteroatoms. The van der Waals surface area contributed by atoms with Crippen LogP contribution in [-0.2, 0) is 4.79 Å². The summed E-state index contributed by atoms with van der Waals surface area (Å²) in [6, 6.07) is 10.7. The quantitative estimate of drug-likeness (QED) is 0.435. The molecule has 0 aromatic heterocycles. The molecule has 0 fully saturated rings. The number of halogens is 2. The number of hydrogen-bond acceptors (Lipinski definition) is 4. The molecule has 4 nitrogen and oxygen atoms in total. The Morgan fingerprint density at radius 1 is 1.12 bits per heavy atom. The molecule has 2 rings (SSSR count). The number of ether oxygens (including phenoxy) is 2. The van der Waals surface area contributed by atoms with Crippen molar-refractivity contribution < 1.29 is 19.4 Å². The molecule has 0 aliphatic carbocycles. The van der Waals surface area contributed by atoms with Gasteiger partial charge in [0.25, 0.3) is 0 Å².